The third-order valence-corrected chi connectivity index (χ3v) is 0.566. The highest BCUT2D eigenvalue weighted by Gasteiger charge is 1.77. The lowest BCUT2D eigenvalue weighted by Crippen LogP contribution is -2.03. The molecular weight excluding hydrogens is 138 g/mol. The summed E-state index contributed by atoms with van der Waals surface area (Å²) in [5, 5.41) is 23.4. The Balaban J connectivity index is 0. The number of hydrogen-bond donors (Lipinski definition) is 4. The number of carboxylic acid groups (broad SMARTS) is 1. The van der Waals surface area contributed by atoms with Gasteiger partial charge in [-0.15, -0.1) is 0 Å². The Kier molecular flexibility index (Phi) is 13.2. The molecule has 0 rings (SSSR count). The average molecular weight is 151 g/mol. The van der Waals surface area contributed by atoms with Gasteiger partial charge >= 0.3 is 6.09 Å². The lowest BCUT2D eigenvalue weighted by atomic mass is 10.3. The predicted molar refractivity (Wildman–Crippen MR) is 35.6 cm³/mol. The molecule has 5 heteroatoms. The molecule has 0 aliphatic rings. The second kappa shape index (κ2) is 11.0. The molecule has 0 atom stereocenters. The molecule has 0 radical (unpaired) electrons. The largest absolute Gasteiger partial charge is 0.465 e. The molecule has 0 aliphatic carbocycles. The number of aliphatic hydroxyl groups is 2. The van der Waals surface area contributed by atoms with Gasteiger partial charge in [0.05, 0.1) is 0 Å². The van der Waals surface area contributed by atoms with Crippen molar-refractivity contribution in [3.05, 3.63) is 0 Å². The zero-order valence-corrected chi connectivity index (χ0v) is 5.66. The minimum atomic E-state index is -1.33. The Morgan fingerprint density at radius 3 is 1.50 bits per heavy atom. The van der Waals surface area contributed by atoms with E-state index < -0.39 is 6.09 Å². The van der Waals surface area contributed by atoms with E-state index in [9.17, 15) is 0 Å². The van der Waals surface area contributed by atoms with Crippen LogP contribution in [0.4, 0.5) is 4.79 Å². The highest BCUT2D eigenvalue weighted by molar-refractivity contribution is 5.61. The molecule has 0 spiro atoms. The van der Waals surface area contributed by atoms with Crippen molar-refractivity contribution >= 4 is 6.09 Å². The van der Waals surface area contributed by atoms with E-state index in [0.717, 1.165) is 12.8 Å². The van der Waals surface area contributed by atoms with Crippen molar-refractivity contribution in [3.8, 4) is 0 Å². The van der Waals surface area contributed by atoms with E-state index in [2.05, 4.69) is 5.73 Å². The lowest BCUT2D eigenvalue weighted by molar-refractivity contribution is 0.205. The lowest BCUT2D eigenvalue weighted by Gasteiger charge is -1.85. The van der Waals surface area contributed by atoms with Crippen LogP contribution in [-0.2, 0) is 0 Å². The van der Waals surface area contributed by atoms with Gasteiger partial charge in [0, 0.05) is 13.2 Å². The fraction of sp³-hybridized carbons (Fsp3) is 0.800. The Bertz CT molecular complexity index is 68.0. The molecule has 0 aromatic heterocycles. The highest BCUT2D eigenvalue weighted by atomic mass is 16.4. The van der Waals surface area contributed by atoms with Gasteiger partial charge in [0.1, 0.15) is 0 Å². The summed E-state index contributed by atoms with van der Waals surface area (Å²) < 4.78 is 0. The molecule has 10 heavy (non-hydrogen) atoms. The molecule has 0 heterocycles. The van der Waals surface area contributed by atoms with Crippen LogP contribution in [0, 0.1) is 0 Å². The molecule has 0 aromatic rings. The summed E-state index contributed by atoms with van der Waals surface area (Å²) in [5.74, 6) is 0. The van der Waals surface area contributed by atoms with Crippen LogP contribution in [0.1, 0.15) is 12.8 Å². The van der Waals surface area contributed by atoms with Crippen molar-refractivity contribution in [1.29, 1.82) is 0 Å². The Morgan fingerprint density at radius 1 is 1.20 bits per heavy atom. The third kappa shape index (κ3) is 57.4. The SMILES string of the molecule is NC(=O)O.OCCCCO. The van der Waals surface area contributed by atoms with E-state index in [1.807, 2.05) is 0 Å². The van der Waals surface area contributed by atoms with Crippen LogP contribution in [0.15, 0.2) is 0 Å². The number of hydrogen-bond acceptors (Lipinski definition) is 3. The predicted octanol–water partition coefficient (Wildman–Crippen LogP) is -0.626. The van der Waals surface area contributed by atoms with Gasteiger partial charge in [-0.1, -0.05) is 0 Å². The molecule has 0 fully saturated rings. The van der Waals surface area contributed by atoms with Gasteiger partial charge in [0.25, 0.3) is 0 Å². The maximum Gasteiger partial charge on any atom is 0.402 e. The van der Waals surface area contributed by atoms with Gasteiger partial charge in [-0.05, 0) is 12.8 Å². The minimum Gasteiger partial charge on any atom is -0.465 e. The number of unbranched alkanes of at least 4 members (excludes halogenated alkanes) is 1. The Morgan fingerprint density at radius 2 is 1.40 bits per heavy atom. The van der Waals surface area contributed by atoms with Crippen molar-refractivity contribution in [3.63, 3.8) is 0 Å². The molecule has 5 N–H and O–H groups in total. The minimum absolute atomic E-state index is 0.195. The number of amides is 1. The molecule has 0 saturated heterocycles. The van der Waals surface area contributed by atoms with Gasteiger partial charge in [0.15, 0.2) is 0 Å². The molecule has 0 aromatic carbocycles. The van der Waals surface area contributed by atoms with E-state index in [1.165, 1.54) is 0 Å². The van der Waals surface area contributed by atoms with Gasteiger partial charge in [-0.25, -0.2) is 4.79 Å². The smallest absolute Gasteiger partial charge is 0.402 e. The standard InChI is InChI=1S/C4H10O2.CH3NO2/c5-3-1-2-4-6;2-1(3)4/h5-6H,1-4H2;2H2,(H,3,4). The van der Waals surface area contributed by atoms with E-state index >= 15 is 0 Å². The summed E-state index contributed by atoms with van der Waals surface area (Å²) in [6.45, 7) is 0.390. The molecule has 1 amide bonds. The monoisotopic (exact) mass is 151 g/mol. The summed E-state index contributed by atoms with van der Waals surface area (Å²) in [6.07, 6.45) is 0.104. The number of aliphatic hydroxyl groups excluding tert-OH is 2. The second-order valence-electron chi connectivity index (χ2n) is 1.49. The van der Waals surface area contributed by atoms with Crippen LogP contribution in [-0.4, -0.2) is 34.6 Å². The first kappa shape index (κ1) is 11.9. The van der Waals surface area contributed by atoms with E-state index in [4.69, 9.17) is 20.1 Å². The van der Waals surface area contributed by atoms with Gasteiger partial charge < -0.3 is 21.1 Å². The van der Waals surface area contributed by atoms with E-state index in [1.54, 1.807) is 0 Å². The summed E-state index contributed by atoms with van der Waals surface area (Å²) in [6, 6.07) is 0. The van der Waals surface area contributed by atoms with Crippen molar-refractivity contribution in [2.45, 2.75) is 12.8 Å². The second-order valence-corrected chi connectivity index (χ2v) is 1.49. The van der Waals surface area contributed by atoms with Crippen LogP contribution in [0.3, 0.4) is 0 Å². The maximum atomic E-state index is 8.78. The zero-order valence-electron chi connectivity index (χ0n) is 5.66. The van der Waals surface area contributed by atoms with Gasteiger partial charge in [-0.2, -0.15) is 0 Å². The van der Waals surface area contributed by atoms with Crippen LogP contribution >= 0.6 is 0 Å². The molecule has 0 saturated carbocycles. The third-order valence-electron chi connectivity index (χ3n) is 0.566. The van der Waals surface area contributed by atoms with Crippen molar-refractivity contribution in [2.75, 3.05) is 13.2 Å². The summed E-state index contributed by atoms with van der Waals surface area (Å²) in [4.78, 5) is 8.78. The highest BCUT2D eigenvalue weighted by Crippen LogP contribution is 1.80. The summed E-state index contributed by atoms with van der Waals surface area (Å²) >= 11 is 0. The van der Waals surface area contributed by atoms with Crippen molar-refractivity contribution in [2.24, 2.45) is 5.73 Å². The number of carbonyl (C=O) groups is 1. The van der Waals surface area contributed by atoms with Crippen molar-refractivity contribution < 1.29 is 20.1 Å². The van der Waals surface area contributed by atoms with Crippen LogP contribution in [0.2, 0.25) is 0 Å². The maximum absolute atomic E-state index is 8.78. The quantitative estimate of drug-likeness (QED) is 0.403. The first-order valence-corrected chi connectivity index (χ1v) is 2.85. The Labute approximate surface area is 59.1 Å². The fourth-order valence-corrected chi connectivity index (χ4v) is 0.224. The average Bonchev–Trinajstić information content (AvgIpc) is 1.82. The van der Waals surface area contributed by atoms with E-state index in [0.29, 0.717) is 0 Å². The van der Waals surface area contributed by atoms with Crippen LogP contribution in [0.25, 0.3) is 0 Å². The zero-order chi connectivity index (χ0) is 8.41. The molecular formula is C5H13NO4. The molecule has 0 aliphatic heterocycles. The molecule has 0 unspecified atom stereocenters. The fourth-order valence-electron chi connectivity index (χ4n) is 0.224. The van der Waals surface area contributed by atoms with Crippen LogP contribution < -0.4 is 5.73 Å². The summed E-state index contributed by atoms with van der Waals surface area (Å²) in [7, 11) is 0. The summed E-state index contributed by atoms with van der Waals surface area (Å²) in [5.41, 5.74) is 4.03. The molecule has 62 valence electrons. The molecule has 0 bridgehead atoms. The van der Waals surface area contributed by atoms with Gasteiger partial charge in [-0.3, -0.25) is 0 Å². The Hall–Kier alpha value is -0.810. The first-order valence-electron chi connectivity index (χ1n) is 2.85. The van der Waals surface area contributed by atoms with E-state index in [-0.39, 0.29) is 13.2 Å². The van der Waals surface area contributed by atoms with Crippen molar-refractivity contribution in [1.82, 2.24) is 0 Å². The normalized spacial score (nSPS) is 7.80. The topological polar surface area (TPSA) is 104 Å². The van der Waals surface area contributed by atoms with Gasteiger partial charge in [0.2, 0.25) is 0 Å². The molecule has 5 nitrogen and oxygen atoms in total. The number of primary amides is 1. The van der Waals surface area contributed by atoms with Crippen LogP contribution in [0.5, 0.6) is 0 Å². The number of rotatable bonds is 3. The first-order chi connectivity index (χ1) is 4.65. The number of nitrogens with two attached hydrogens (primary N) is 1.